The molecule has 5 nitrogen and oxygen atoms in total. The number of rotatable bonds is 4. The van der Waals surface area contributed by atoms with Gasteiger partial charge in [0, 0.05) is 44.7 Å². The van der Waals surface area contributed by atoms with Gasteiger partial charge in [-0.25, -0.2) is 9.79 Å². The number of piperazine rings is 1. The third-order valence-corrected chi connectivity index (χ3v) is 6.44. The zero-order valence-electron chi connectivity index (χ0n) is 19.0. The molecule has 0 unspecified atom stereocenters. The van der Waals surface area contributed by atoms with E-state index in [-0.39, 0.29) is 5.97 Å². The number of ether oxygens (including phenoxy) is 1. The lowest BCUT2D eigenvalue weighted by molar-refractivity contribution is 0.0523. The highest BCUT2D eigenvalue weighted by atomic mass is 16.5. The number of para-hydroxylation sites is 1. The lowest BCUT2D eigenvalue weighted by Crippen LogP contribution is -2.48. The minimum absolute atomic E-state index is 0.241. The Kier molecular flexibility index (Phi) is 6.22. The van der Waals surface area contributed by atoms with E-state index < -0.39 is 0 Å². The topological polar surface area (TPSA) is 45.1 Å². The van der Waals surface area contributed by atoms with Crippen molar-refractivity contribution in [1.82, 2.24) is 9.80 Å². The van der Waals surface area contributed by atoms with Gasteiger partial charge in [0.25, 0.3) is 0 Å². The fourth-order valence-electron chi connectivity index (χ4n) is 4.71. The van der Waals surface area contributed by atoms with Crippen LogP contribution in [0.4, 0.5) is 5.69 Å². The number of amidine groups is 1. The van der Waals surface area contributed by atoms with E-state index in [1.165, 1.54) is 16.7 Å². The maximum Gasteiger partial charge on any atom is 0.338 e. The predicted molar refractivity (Wildman–Crippen MR) is 131 cm³/mol. The molecule has 0 saturated carbocycles. The number of aliphatic imine (C=N–C) groups is 1. The number of fused-ring (bicyclic) bond motifs is 2. The molecule has 0 N–H and O–H groups in total. The molecule has 0 atom stereocenters. The molecule has 0 radical (unpaired) electrons. The molecule has 5 heteroatoms. The van der Waals surface area contributed by atoms with Crippen LogP contribution in [0.1, 0.15) is 39.5 Å². The van der Waals surface area contributed by atoms with Gasteiger partial charge in [0.1, 0.15) is 5.84 Å². The van der Waals surface area contributed by atoms with Crippen LogP contribution < -0.4 is 0 Å². The summed E-state index contributed by atoms with van der Waals surface area (Å²) in [4.78, 5) is 22.3. The highest BCUT2D eigenvalue weighted by Crippen LogP contribution is 2.30. The van der Waals surface area contributed by atoms with Gasteiger partial charge in [-0.15, -0.1) is 0 Å². The van der Waals surface area contributed by atoms with E-state index in [9.17, 15) is 4.79 Å². The van der Waals surface area contributed by atoms with E-state index in [1.54, 1.807) is 0 Å². The maximum absolute atomic E-state index is 12.4. The number of carbonyl (C=O) groups is 1. The second kappa shape index (κ2) is 9.59. The van der Waals surface area contributed by atoms with Crippen LogP contribution in [0.25, 0.3) is 0 Å². The molecular formula is C28H29N3O2. The van der Waals surface area contributed by atoms with Crippen molar-refractivity contribution in [3.8, 4) is 0 Å². The Hall–Kier alpha value is -3.44. The maximum atomic E-state index is 12.4. The Morgan fingerprint density at radius 1 is 0.879 bits per heavy atom. The van der Waals surface area contributed by atoms with Crippen molar-refractivity contribution in [2.45, 2.75) is 19.9 Å². The molecule has 0 aromatic heterocycles. The van der Waals surface area contributed by atoms with Gasteiger partial charge < -0.3 is 9.64 Å². The summed E-state index contributed by atoms with van der Waals surface area (Å²) in [5, 5.41) is 0. The van der Waals surface area contributed by atoms with Crippen LogP contribution in [0.3, 0.4) is 0 Å². The summed E-state index contributed by atoms with van der Waals surface area (Å²) in [7, 11) is 0. The van der Waals surface area contributed by atoms with E-state index in [2.05, 4.69) is 58.3 Å². The molecule has 2 heterocycles. The minimum atomic E-state index is -0.241. The Morgan fingerprint density at radius 3 is 2.39 bits per heavy atom. The van der Waals surface area contributed by atoms with Crippen molar-refractivity contribution >= 4 is 17.5 Å². The zero-order chi connectivity index (χ0) is 22.6. The predicted octanol–water partition coefficient (Wildman–Crippen LogP) is 4.66. The zero-order valence-corrected chi connectivity index (χ0v) is 19.0. The highest BCUT2D eigenvalue weighted by molar-refractivity contribution is 6.02. The molecule has 0 aliphatic carbocycles. The number of hydrogen-bond acceptors (Lipinski definition) is 5. The van der Waals surface area contributed by atoms with Gasteiger partial charge in [-0.05, 0) is 35.7 Å². The number of hydrogen-bond donors (Lipinski definition) is 0. The summed E-state index contributed by atoms with van der Waals surface area (Å²) in [6.45, 7) is 6.60. The van der Waals surface area contributed by atoms with E-state index >= 15 is 0 Å². The molecule has 2 aliphatic heterocycles. The number of carbonyl (C=O) groups excluding carboxylic acids is 1. The molecule has 0 spiro atoms. The quantitative estimate of drug-likeness (QED) is 0.555. The largest absolute Gasteiger partial charge is 0.462 e. The van der Waals surface area contributed by atoms with Crippen molar-refractivity contribution < 1.29 is 9.53 Å². The Balaban J connectivity index is 1.34. The van der Waals surface area contributed by atoms with Gasteiger partial charge in [-0.1, -0.05) is 60.7 Å². The van der Waals surface area contributed by atoms with E-state index in [0.717, 1.165) is 56.2 Å². The molecule has 0 amide bonds. The van der Waals surface area contributed by atoms with E-state index in [1.807, 2.05) is 31.2 Å². The Morgan fingerprint density at radius 2 is 1.58 bits per heavy atom. The third-order valence-electron chi connectivity index (χ3n) is 6.44. The van der Waals surface area contributed by atoms with Crippen molar-refractivity contribution in [3.05, 3.63) is 101 Å². The van der Waals surface area contributed by atoms with Crippen molar-refractivity contribution in [2.75, 3.05) is 32.8 Å². The summed E-state index contributed by atoms with van der Waals surface area (Å²) in [5.74, 6) is 0.831. The third kappa shape index (κ3) is 4.55. The summed E-state index contributed by atoms with van der Waals surface area (Å²) in [6, 6.07) is 24.9. The van der Waals surface area contributed by atoms with Crippen LogP contribution in [-0.4, -0.2) is 54.4 Å². The number of benzene rings is 3. The van der Waals surface area contributed by atoms with Gasteiger partial charge >= 0.3 is 5.97 Å². The first kappa shape index (κ1) is 21.4. The standard InChI is InChI=1S/C28H29N3O2/c1-2-33-28(32)25-13-7-4-11-23(25)20-30-15-17-31(18-16-30)27-24-12-6-3-9-21(24)19-22-10-5-8-14-26(22)29-27/h3-14H,2,15-20H2,1H3. The van der Waals surface area contributed by atoms with Gasteiger partial charge in [-0.2, -0.15) is 0 Å². The summed E-state index contributed by atoms with van der Waals surface area (Å²) in [5.41, 5.74) is 6.58. The molecule has 3 aromatic carbocycles. The first-order valence-corrected chi connectivity index (χ1v) is 11.7. The van der Waals surface area contributed by atoms with Gasteiger partial charge in [-0.3, -0.25) is 4.90 Å². The fraction of sp³-hybridized carbons (Fsp3) is 0.286. The molecule has 1 fully saturated rings. The molecule has 3 aromatic rings. The highest BCUT2D eigenvalue weighted by Gasteiger charge is 2.25. The minimum Gasteiger partial charge on any atom is -0.462 e. The van der Waals surface area contributed by atoms with E-state index in [0.29, 0.717) is 12.2 Å². The summed E-state index contributed by atoms with van der Waals surface area (Å²) in [6.07, 6.45) is 0.907. The smallest absolute Gasteiger partial charge is 0.338 e. The van der Waals surface area contributed by atoms with E-state index in [4.69, 9.17) is 9.73 Å². The first-order valence-electron chi connectivity index (χ1n) is 11.7. The van der Waals surface area contributed by atoms with Gasteiger partial charge in [0.05, 0.1) is 17.9 Å². The average molecular weight is 440 g/mol. The van der Waals surface area contributed by atoms with Crippen LogP contribution in [0.5, 0.6) is 0 Å². The number of nitrogens with zero attached hydrogens (tertiary/aromatic N) is 3. The van der Waals surface area contributed by atoms with Crippen LogP contribution >= 0.6 is 0 Å². The fourth-order valence-corrected chi connectivity index (χ4v) is 4.71. The SMILES string of the molecule is CCOC(=O)c1ccccc1CN1CCN(C2=Nc3ccccc3Cc3ccccc32)CC1. The lowest BCUT2D eigenvalue weighted by Gasteiger charge is -2.37. The molecule has 0 bridgehead atoms. The van der Waals surface area contributed by atoms with Crippen LogP contribution in [-0.2, 0) is 17.7 Å². The van der Waals surface area contributed by atoms with Crippen molar-refractivity contribution in [2.24, 2.45) is 4.99 Å². The monoisotopic (exact) mass is 439 g/mol. The van der Waals surface area contributed by atoms with Crippen molar-refractivity contribution in [1.29, 1.82) is 0 Å². The second-order valence-electron chi connectivity index (χ2n) is 8.54. The Bertz CT molecular complexity index is 1180. The van der Waals surface area contributed by atoms with Crippen LogP contribution in [0.15, 0.2) is 77.8 Å². The molecular weight excluding hydrogens is 410 g/mol. The Labute approximate surface area is 195 Å². The van der Waals surface area contributed by atoms with Crippen molar-refractivity contribution in [3.63, 3.8) is 0 Å². The molecule has 5 rings (SSSR count). The van der Waals surface area contributed by atoms with Gasteiger partial charge in [0.2, 0.25) is 0 Å². The summed E-state index contributed by atoms with van der Waals surface area (Å²) < 4.78 is 5.25. The van der Waals surface area contributed by atoms with Crippen LogP contribution in [0, 0.1) is 0 Å². The van der Waals surface area contributed by atoms with Gasteiger partial charge in [0.15, 0.2) is 0 Å². The normalized spacial score (nSPS) is 15.8. The molecule has 33 heavy (non-hydrogen) atoms. The number of esters is 1. The van der Waals surface area contributed by atoms with Crippen LogP contribution in [0.2, 0.25) is 0 Å². The summed E-state index contributed by atoms with van der Waals surface area (Å²) >= 11 is 0. The lowest BCUT2D eigenvalue weighted by atomic mass is 9.99. The molecule has 1 saturated heterocycles. The average Bonchev–Trinajstić information content (AvgIpc) is 3.02. The molecule has 2 aliphatic rings. The first-order chi connectivity index (χ1) is 16.2. The molecule has 168 valence electrons. The second-order valence-corrected chi connectivity index (χ2v) is 8.54.